The van der Waals surface area contributed by atoms with E-state index in [2.05, 4.69) is 32.7 Å². The second-order valence-corrected chi connectivity index (χ2v) is 3.09. The summed E-state index contributed by atoms with van der Waals surface area (Å²) >= 11 is 0. The van der Waals surface area contributed by atoms with Crippen LogP contribution >= 0.6 is 0 Å². The summed E-state index contributed by atoms with van der Waals surface area (Å²) in [5, 5.41) is 12.4. The summed E-state index contributed by atoms with van der Waals surface area (Å²) in [6.07, 6.45) is 6.39. The number of unbranched alkanes of at least 4 members (excludes halogenated alkanes) is 1. The van der Waals surface area contributed by atoms with Crippen molar-refractivity contribution < 1.29 is 0 Å². The maximum absolute atomic E-state index is 6.28. The Labute approximate surface area is 114 Å². The summed E-state index contributed by atoms with van der Waals surface area (Å²) in [4.78, 5) is 3.39. The van der Waals surface area contributed by atoms with Crippen LogP contribution in [-0.2, 0) is 0 Å². The summed E-state index contributed by atoms with van der Waals surface area (Å²) in [6.45, 7) is 11.8. The Morgan fingerprint density at radius 3 is 1.28 bits per heavy atom. The van der Waals surface area contributed by atoms with Gasteiger partial charge >= 0.3 is 0 Å². The maximum Gasteiger partial charge on any atom is 0.0873 e. The Hall–Kier alpha value is -1.39. The van der Waals surface area contributed by atoms with Gasteiger partial charge in [-0.15, -0.1) is 0 Å². The number of hydrogen-bond acceptors (Lipinski definition) is 3. The Kier molecular flexibility index (Phi) is 96.0. The molecule has 0 amide bonds. The van der Waals surface area contributed by atoms with Gasteiger partial charge in [-0.3, -0.25) is 10.4 Å². The smallest absolute Gasteiger partial charge is 0.0873 e. The van der Waals surface area contributed by atoms with Crippen LogP contribution in [0, 0.1) is 10.8 Å². The molecule has 0 rings (SSSR count). The van der Waals surface area contributed by atoms with Gasteiger partial charge in [-0.05, 0) is 20.1 Å². The van der Waals surface area contributed by atoms with Gasteiger partial charge in [-0.25, -0.2) is 0 Å². The van der Waals surface area contributed by atoms with E-state index in [0.717, 1.165) is 0 Å². The number of aliphatic imine (C=N–C) groups is 1. The van der Waals surface area contributed by atoms with Crippen LogP contribution in [-0.4, -0.2) is 25.4 Å². The van der Waals surface area contributed by atoms with Crippen LogP contribution in [0.3, 0.4) is 0 Å². The van der Waals surface area contributed by atoms with Crippen molar-refractivity contribution in [2.75, 3.05) is 7.05 Å². The molecular weight excluding hydrogens is 226 g/mol. The van der Waals surface area contributed by atoms with Crippen LogP contribution in [0.25, 0.3) is 0 Å². The van der Waals surface area contributed by atoms with Gasteiger partial charge in [-0.1, -0.05) is 47.0 Å². The molecule has 112 valence electrons. The second kappa shape index (κ2) is 57.5. The maximum atomic E-state index is 6.28. The first kappa shape index (κ1) is 30.0. The molecule has 0 atom stereocenters. The lowest BCUT2D eigenvalue weighted by Crippen LogP contribution is -2.00. The average molecular weight is 261 g/mol. The highest BCUT2D eigenvalue weighted by atomic mass is 14.7. The molecule has 5 heteroatoms. The highest BCUT2D eigenvalue weighted by Crippen LogP contribution is 1.76. The van der Waals surface area contributed by atoms with Crippen molar-refractivity contribution in [3.8, 4) is 0 Å². The molecule has 0 spiro atoms. The molecule has 18 heavy (non-hydrogen) atoms. The zero-order valence-electron chi connectivity index (χ0n) is 13.4. The summed E-state index contributed by atoms with van der Waals surface area (Å²) in [6, 6.07) is 0. The SMILES string of the molecule is CC(=N)N.CC=N.CCC.CCCC.CN=CN. The average Bonchev–Trinajstić information content (AvgIpc) is 2.30. The van der Waals surface area contributed by atoms with E-state index in [4.69, 9.17) is 22.3 Å². The van der Waals surface area contributed by atoms with Crippen molar-refractivity contribution in [2.24, 2.45) is 16.5 Å². The summed E-state index contributed by atoms with van der Waals surface area (Å²) in [7, 11) is 1.62. The molecule has 0 radical (unpaired) electrons. The molecule has 0 saturated heterocycles. The molecule has 0 heterocycles. The highest BCUT2D eigenvalue weighted by Gasteiger charge is 1.56. The molecule has 0 aromatic carbocycles. The lowest BCUT2D eigenvalue weighted by atomic mass is 10.4. The molecule has 0 bridgehead atoms. The van der Waals surface area contributed by atoms with Gasteiger partial charge in [0.2, 0.25) is 0 Å². The molecule has 0 aromatic rings. The Morgan fingerprint density at radius 1 is 1.17 bits per heavy atom. The van der Waals surface area contributed by atoms with Crippen molar-refractivity contribution in [1.82, 2.24) is 0 Å². The fraction of sp³-hybridized carbons (Fsp3) is 0.769. The Morgan fingerprint density at radius 2 is 1.28 bits per heavy atom. The number of nitrogens with two attached hydrogens (primary N) is 2. The van der Waals surface area contributed by atoms with Gasteiger partial charge in [-0.2, -0.15) is 0 Å². The predicted molar refractivity (Wildman–Crippen MR) is 87.2 cm³/mol. The molecule has 0 unspecified atom stereocenters. The normalized spacial score (nSPS) is 6.83. The molecule has 0 aliphatic heterocycles. The van der Waals surface area contributed by atoms with Crippen molar-refractivity contribution in [1.29, 1.82) is 10.8 Å². The molecule has 0 aliphatic rings. The van der Waals surface area contributed by atoms with Crippen molar-refractivity contribution in [2.45, 2.75) is 60.8 Å². The third-order valence-corrected chi connectivity index (χ3v) is 0.649. The molecule has 6 N–H and O–H groups in total. The van der Waals surface area contributed by atoms with Crippen LogP contribution in [0.4, 0.5) is 0 Å². The second-order valence-electron chi connectivity index (χ2n) is 3.09. The van der Waals surface area contributed by atoms with E-state index in [1.165, 1.54) is 38.7 Å². The third-order valence-electron chi connectivity index (χ3n) is 0.649. The molecule has 0 fully saturated rings. The first-order chi connectivity index (χ1) is 8.39. The number of hydrogen-bond donors (Lipinski definition) is 4. The minimum atomic E-state index is 0.167. The molecular formula is C13H35N5. The molecule has 5 nitrogen and oxygen atoms in total. The molecule has 0 saturated carbocycles. The third kappa shape index (κ3) is 7270. The number of nitrogens with zero attached hydrogens (tertiary/aromatic N) is 1. The fourth-order valence-electron chi connectivity index (χ4n) is 0. The van der Waals surface area contributed by atoms with E-state index in [1.54, 1.807) is 14.0 Å². The monoisotopic (exact) mass is 261 g/mol. The first-order valence-electron chi connectivity index (χ1n) is 6.27. The van der Waals surface area contributed by atoms with E-state index in [-0.39, 0.29) is 5.84 Å². The van der Waals surface area contributed by atoms with Gasteiger partial charge in [0.15, 0.2) is 0 Å². The van der Waals surface area contributed by atoms with E-state index in [0.29, 0.717) is 0 Å². The largest absolute Gasteiger partial charge is 0.390 e. The van der Waals surface area contributed by atoms with Crippen LogP contribution in [0.15, 0.2) is 4.99 Å². The minimum absolute atomic E-state index is 0.167. The first-order valence-corrected chi connectivity index (χ1v) is 6.27. The number of rotatable bonds is 1. The van der Waals surface area contributed by atoms with Gasteiger partial charge < -0.3 is 16.9 Å². The van der Waals surface area contributed by atoms with E-state index in [9.17, 15) is 0 Å². The summed E-state index contributed by atoms with van der Waals surface area (Å²) in [5.41, 5.74) is 9.43. The van der Waals surface area contributed by atoms with E-state index in [1.807, 2.05) is 0 Å². The predicted octanol–water partition coefficient (Wildman–Crippen LogP) is 3.42. The quantitative estimate of drug-likeness (QED) is 0.428. The number of nitrogens with one attached hydrogen (secondary N) is 2. The van der Waals surface area contributed by atoms with Crippen LogP contribution in [0.5, 0.6) is 0 Å². The van der Waals surface area contributed by atoms with Crippen LogP contribution in [0.2, 0.25) is 0 Å². The van der Waals surface area contributed by atoms with Gasteiger partial charge in [0, 0.05) is 7.05 Å². The lowest BCUT2D eigenvalue weighted by molar-refractivity contribution is 0.886. The minimum Gasteiger partial charge on any atom is -0.390 e. The summed E-state index contributed by atoms with van der Waals surface area (Å²) < 4.78 is 0. The Balaban J connectivity index is -0.0000000394. The van der Waals surface area contributed by atoms with Gasteiger partial charge in [0.25, 0.3) is 0 Å². The van der Waals surface area contributed by atoms with Crippen molar-refractivity contribution in [3.05, 3.63) is 0 Å². The summed E-state index contributed by atoms with van der Waals surface area (Å²) in [5.74, 6) is 0.167. The highest BCUT2D eigenvalue weighted by molar-refractivity contribution is 5.73. The number of amidine groups is 1. The standard InChI is InChI=1S/C4H10.C3H8.2C2H6N2.C2H5N/c1-3-4-2;1-3-2;1-4-2-3;1-2(3)4;1-2-3/h3-4H2,1-2H3;3H2,1-2H3;2H,1H3,(H2,3,4);1H3,(H3,3,4);2-3H,1H3. The van der Waals surface area contributed by atoms with Crippen molar-refractivity contribution in [3.63, 3.8) is 0 Å². The fourth-order valence-corrected chi connectivity index (χ4v) is 0. The molecule has 0 aromatic heterocycles. The zero-order chi connectivity index (χ0) is 15.8. The zero-order valence-corrected chi connectivity index (χ0v) is 13.4. The van der Waals surface area contributed by atoms with Gasteiger partial charge in [0.05, 0.1) is 12.2 Å². The van der Waals surface area contributed by atoms with Crippen molar-refractivity contribution >= 4 is 18.4 Å². The Bertz CT molecular complexity index is 134. The topological polar surface area (TPSA) is 112 Å². The van der Waals surface area contributed by atoms with E-state index < -0.39 is 0 Å². The van der Waals surface area contributed by atoms with Gasteiger partial charge in [0.1, 0.15) is 0 Å². The lowest BCUT2D eigenvalue weighted by Gasteiger charge is -1.68. The molecule has 0 aliphatic carbocycles. The van der Waals surface area contributed by atoms with Crippen LogP contribution < -0.4 is 11.5 Å². The van der Waals surface area contributed by atoms with Crippen LogP contribution in [0.1, 0.15) is 60.8 Å². The van der Waals surface area contributed by atoms with E-state index >= 15 is 0 Å².